The molecule has 128 valence electrons. The summed E-state index contributed by atoms with van der Waals surface area (Å²) in [4.78, 5) is 18.3. The van der Waals surface area contributed by atoms with Crippen LogP contribution >= 0.6 is 0 Å². The fraction of sp³-hybridized carbons (Fsp3) is 0.211. The molecule has 0 bridgehead atoms. The standard InChI is InChI=1S/C19H21N5O/c1-3-23(18-7-5-4-6-15(18)2)19(25)12-21-16-8-10-17(11-9-16)24-14-20-13-22-24/h4-11,13-14,21H,3,12H2,1-2H3. The van der Waals surface area contributed by atoms with E-state index >= 15 is 0 Å². The van der Waals surface area contributed by atoms with Crippen molar-refractivity contribution < 1.29 is 4.79 Å². The molecule has 1 N–H and O–H groups in total. The van der Waals surface area contributed by atoms with Crippen molar-refractivity contribution in [1.82, 2.24) is 14.8 Å². The Kier molecular flexibility index (Phi) is 5.09. The van der Waals surface area contributed by atoms with Crippen LogP contribution in [-0.4, -0.2) is 33.8 Å². The van der Waals surface area contributed by atoms with Crippen molar-refractivity contribution in [2.45, 2.75) is 13.8 Å². The largest absolute Gasteiger partial charge is 0.376 e. The number of anilines is 2. The highest BCUT2D eigenvalue weighted by Gasteiger charge is 2.15. The van der Waals surface area contributed by atoms with Crippen molar-refractivity contribution in [3.8, 4) is 5.69 Å². The number of amides is 1. The summed E-state index contributed by atoms with van der Waals surface area (Å²) < 4.78 is 1.69. The molecule has 3 aromatic rings. The van der Waals surface area contributed by atoms with Gasteiger partial charge in [0.15, 0.2) is 0 Å². The monoisotopic (exact) mass is 335 g/mol. The van der Waals surface area contributed by atoms with Crippen molar-refractivity contribution in [1.29, 1.82) is 0 Å². The molecule has 0 radical (unpaired) electrons. The predicted molar refractivity (Wildman–Crippen MR) is 99.1 cm³/mol. The highest BCUT2D eigenvalue weighted by molar-refractivity contribution is 5.96. The fourth-order valence-corrected chi connectivity index (χ4v) is 2.69. The van der Waals surface area contributed by atoms with Crippen LogP contribution in [-0.2, 0) is 4.79 Å². The number of carbonyl (C=O) groups is 1. The number of likely N-dealkylation sites (N-methyl/N-ethyl adjacent to an activating group) is 1. The first-order valence-corrected chi connectivity index (χ1v) is 8.24. The first-order valence-electron chi connectivity index (χ1n) is 8.24. The number of carbonyl (C=O) groups excluding carboxylic acids is 1. The highest BCUT2D eigenvalue weighted by atomic mass is 16.2. The summed E-state index contributed by atoms with van der Waals surface area (Å²) in [5, 5.41) is 7.28. The van der Waals surface area contributed by atoms with Crippen LogP contribution in [0.2, 0.25) is 0 Å². The van der Waals surface area contributed by atoms with E-state index in [0.29, 0.717) is 6.54 Å². The maximum Gasteiger partial charge on any atom is 0.246 e. The van der Waals surface area contributed by atoms with Gasteiger partial charge in [-0.15, -0.1) is 0 Å². The number of hydrogen-bond acceptors (Lipinski definition) is 4. The van der Waals surface area contributed by atoms with Gasteiger partial charge >= 0.3 is 0 Å². The van der Waals surface area contributed by atoms with Crippen molar-refractivity contribution in [2.24, 2.45) is 0 Å². The maximum atomic E-state index is 12.6. The second kappa shape index (κ2) is 7.61. The molecule has 0 atom stereocenters. The highest BCUT2D eigenvalue weighted by Crippen LogP contribution is 2.19. The quantitative estimate of drug-likeness (QED) is 0.752. The van der Waals surface area contributed by atoms with Gasteiger partial charge in [-0.1, -0.05) is 18.2 Å². The third-order valence-corrected chi connectivity index (χ3v) is 4.02. The van der Waals surface area contributed by atoms with Gasteiger partial charge < -0.3 is 10.2 Å². The van der Waals surface area contributed by atoms with Crippen LogP contribution in [0, 0.1) is 6.92 Å². The van der Waals surface area contributed by atoms with Gasteiger partial charge in [0.25, 0.3) is 0 Å². The van der Waals surface area contributed by atoms with Gasteiger partial charge in [-0.3, -0.25) is 4.79 Å². The summed E-state index contributed by atoms with van der Waals surface area (Å²) in [7, 11) is 0. The van der Waals surface area contributed by atoms with E-state index in [4.69, 9.17) is 0 Å². The zero-order valence-electron chi connectivity index (χ0n) is 14.4. The molecule has 0 saturated carbocycles. The molecule has 0 fully saturated rings. The molecule has 1 aromatic heterocycles. The third-order valence-electron chi connectivity index (χ3n) is 4.02. The lowest BCUT2D eigenvalue weighted by Gasteiger charge is -2.23. The third kappa shape index (κ3) is 3.85. The van der Waals surface area contributed by atoms with Crippen LogP contribution < -0.4 is 10.2 Å². The van der Waals surface area contributed by atoms with E-state index in [1.54, 1.807) is 15.9 Å². The zero-order valence-corrected chi connectivity index (χ0v) is 14.4. The van der Waals surface area contributed by atoms with Gasteiger partial charge in [0.2, 0.25) is 5.91 Å². The van der Waals surface area contributed by atoms with Crippen LogP contribution in [0.1, 0.15) is 12.5 Å². The number of nitrogens with one attached hydrogen (secondary N) is 1. The number of benzene rings is 2. The van der Waals surface area contributed by atoms with Gasteiger partial charge in [0.05, 0.1) is 12.2 Å². The first-order chi connectivity index (χ1) is 12.2. The summed E-state index contributed by atoms with van der Waals surface area (Å²) in [5.41, 5.74) is 3.86. The fourth-order valence-electron chi connectivity index (χ4n) is 2.69. The molecular weight excluding hydrogens is 314 g/mol. The molecule has 0 aliphatic heterocycles. The van der Waals surface area contributed by atoms with Crippen LogP contribution in [0.5, 0.6) is 0 Å². The lowest BCUT2D eigenvalue weighted by molar-refractivity contribution is -0.116. The van der Waals surface area contributed by atoms with Crippen molar-refractivity contribution >= 4 is 17.3 Å². The van der Waals surface area contributed by atoms with E-state index in [1.165, 1.54) is 6.33 Å². The van der Waals surface area contributed by atoms with Gasteiger partial charge in [0, 0.05) is 17.9 Å². The van der Waals surface area contributed by atoms with Crippen LogP contribution in [0.15, 0.2) is 61.2 Å². The van der Waals surface area contributed by atoms with Gasteiger partial charge in [0.1, 0.15) is 12.7 Å². The molecule has 25 heavy (non-hydrogen) atoms. The van der Waals surface area contributed by atoms with Crippen molar-refractivity contribution in [3.63, 3.8) is 0 Å². The second-order valence-corrected chi connectivity index (χ2v) is 5.66. The minimum absolute atomic E-state index is 0.0390. The predicted octanol–water partition coefficient (Wildman–Crippen LogP) is 3.04. The molecule has 0 saturated heterocycles. The van der Waals surface area contributed by atoms with Crippen molar-refractivity contribution in [2.75, 3.05) is 23.3 Å². The Morgan fingerprint density at radius 3 is 2.56 bits per heavy atom. The Hall–Kier alpha value is -3.15. The molecular formula is C19H21N5O. The molecule has 0 aliphatic rings. The van der Waals surface area contributed by atoms with Gasteiger partial charge in [-0.2, -0.15) is 5.10 Å². The lowest BCUT2D eigenvalue weighted by Crippen LogP contribution is -2.35. The molecule has 1 heterocycles. The number of hydrogen-bond donors (Lipinski definition) is 1. The number of para-hydroxylation sites is 1. The summed E-state index contributed by atoms with van der Waals surface area (Å²) in [6.07, 6.45) is 3.14. The summed E-state index contributed by atoms with van der Waals surface area (Å²) in [5.74, 6) is 0.0390. The van der Waals surface area contributed by atoms with E-state index in [-0.39, 0.29) is 12.5 Å². The van der Waals surface area contributed by atoms with Gasteiger partial charge in [-0.25, -0.2) is 9.67 Å². The van der Waals surface area contributed by atoms with E-state index < -0.39 is 0 Å². The Balaban J connectivity index is 1.64. The zero-order chi connectivity index (χ0) is 17.6. The van der Waals surface area contributed by atoms with Gasteiger partial charge in [-0.05, 0) is 49.7 Å². The SMILES string of the molecule is CCN(C(=O)CNc1ccc(-n2cncn2)cc1)c1ccccc1C. The molecule has 2 aromatic carbocycles. The molecule has 0 spiro atoms. The topological polar surface area (TPSA) is 63.1 Å². The molecule has 6 nitrogen and oxygen atoms in total. The first kappa shape index (κ1) is 16.7. The average Bonchev–Trinajstić information content (AvgIpc) is 3.17. The van der Waals surface area contributed by atoms with E-state index in [0.717, 1.165) is 22.6 Å². The molecule has 1 amide bonds. The Bertz CT molecular complexity index is 827. The number of rotatable bonds is 6. The molecule has 6 heteroatoms. The minimum Gasteiger partial charge on any atom is -0.376 e. The molecule has 0 aliphatic carbocycles. The van der Waals surface area contributed by atoms with Crippen LogP contribution in [0.3, 0.4) is 0 Å². The minimum atomic E-state index is 0.0390. The summed E-state index contributed by atoms with van der Waals surface area (Å²) in [6, 6.07) is 15.6. The van der Waals surface area contributed by atoms with E-state index in [1.807, 2.05) is 62.4 Å². The average molecular weight is 335 g/mol. The maximum absolute atomic E-state index is 12.6. The number of aromatic nitrogens is 3. The van der Waals surface area contributed by atoms with Crippen molar-refractivity contribution in [3.05, 3.63) is 66.7 Å². The van der Waals surface area contributed by atoms with Crippen LogP contribution in [0.25, 0.3) is 5.69 Å². The number of aryl methyl sites for hydroxylation is 1. The summed E-state index contributed by atoms with van der Waals surface area (Å²) >= 11 is 0. The number of nitrogens with zero attached hydrogens (tertiary/aromatic N) is 4. The Labute approximate surface area is 147 Å². The smallest absolute Gasteiger partial charge is 0.246 e. The van der Waals surface area contributed by atoms with E-state index in [2.05, 4.69) is 15.4 Å². The van der Waals surface area contributed by atoms with Crippen LogP contribution in [0.4, 0.5) is 11.4 Å². The second-order valence-electron chi connectivity index (χ2n) is 5.66. The molecule has 0 unspecified atom stereocenters. The normalized spacial score (nSPS) is 10.5. The Morgan fingerprint density at radius 1 is 1.16 bits per heavy atom. The summed E-state index contributed by atoms with van der Waals surface area (Å²) in [6.45, 7) is 4.88. The Morgan fingerprint density at radius 2 is 1.92 bits per heavy atom. The molecule has 3 rings (SSSR count). The lowest BCUT2D eigenvalue weighted by atomic mass is 10.2. The van der Waals surface area contributed by atoms with E-state index in [9.17, 15) is 4.79 Å².